The van der Waals surface area contributed by atoms with Gasteiger partial charge < -0.3 is 9.84 Å². The maximum absolute atomic E-state index is 13.5. The number of carbonyl (C=O) groups excluding carboxylic acids is 5. The van der Waals surface area contributed by atoms with Crippen molar-refractivity contribution in [3.63, 3.8) is 0 Å². The SMILES string of the molecule is O=COC1CCN(N2C(=O)c3ccc4c5c(ccc(c35)C2=O)C(=O)N(N2CCC(C(=O)O)CC2)C4=O)CC1. The van der Waals surface area contributed by atoms with Crippen molar-refractivity contribution in [2.75, 3.05) is 26.2 Å². The Labute approximate surface area is 216 Å². The van der Waals surface area contributed by atoms with Gasteiger partial charge in [-0.25, -0.2) is 20.0 Å². The minimum absolute atomic E-state index is 0.210. The first kappa shape index (κ1) is 24.2. The monoisotopic (exact) mass is 520 g/mol. The average Bonchev–Trinajstić information content (AvgIpc) is 2.92. The Bertz CT molecular complexity index is 1350. The molecule has 0 unspecified atom stereocenters. The summed E-state index contributed by atoms with van der Waals surface area (Å²) in [6.45, 7) is 1.56. The van der Waals surface area contributed by atoms with Gasteiger partial charge in [0.2, 0.25) is 0 Å². The van der Waals surface area contributed by atoms with Crippen molar-refractivity contribution in [1.82, 2.24) is 20.0 Å². The summed E-state index contributed by atoms with van der Waals surface area (Å²) in [6, 6.07) is 6.04. The molecular formula is C26H24N4O8. The molecule has 12 nitrogen and oxygen atoms in total. The Hall–Kier alpha value is -4.16. The van der Waals surface area contributed by atoms with Crippen LogP contribution in [0, 0.1) is 5.92 Å². The quantitative estimate of drug-likeness (QED) is 0.452. The van der Waals surface area contributed by atoms with Crippen LogP contribution in [-0.2, 0) is 14.3 Å². The number of carboxylic acid groups (broad SMARTS) is 1. The van der Waals surface area contributed by atoms with Gasteiger partial charge in [0.15, 0.2) is 0 Å². The molecule has 0 atom stereocenters. The van der Waals surface area contributed by atoms with Crippen molar-refractivity contribution < 1.29 is 38.6 Å². The maximum Gasteiger partial charge on any atom is 0.306 e. The number of imide groups is 2. The molecule has 12 heteroatoms. The van der Waals surface area contributed by atoms with Gasteiger partial charge in [0, 0.05) is 37.0 Å². The van der Waals surface area contributed by atoms with Crippen molar-refractivity contribution in [2.24, 2.45) is 5.92 Å². The van der Waals surface area contributed by atoms with Gasteiger partial charge in [-0.2, -0.15) is 0 Å². The molecule has 0 spiro atoms. The van der Waals surface area contributed by atoms with Crippen molar-refractivity contribution in [2.45, 2.75) is 31.8 Å². The fourth-order valence-electron chi connectivity index (χ4n) is 5.93. The van der Waals surface area contributed by atoms with E-state index in [0.29, 0.717) is 45.2 Å². The third kappa shape index (κ3) is 3.51. The first-order chi connectivity index (χ1) is 18.3. The number of carbonyl (C=O) groups is 6. The predicted molar refractivity (Wildman–Crippen MR) is 129 cm³/mol. The fourth-order valence-corrected chi connectivity index (χ4v) is 5.93. The summed E-state index contributed by atoms with van der Waals surface area (Å²) in [5.74, 6) is -3.65. The van der Waals surface area contributed by atoms with Crippen LogP contribution in [0.3, 0.4) is 0 Å². The number of ether oxygens (including phenoxy) is 1. The second-order valence-corrected chi connectivity index (χ2v) is 9.87. The minimum Gasteiger partial charge on any atom is -0.481 e. The molecule has 2 saturated heterocycles. The maximum atomic E-state index is 13.5. The van der Waals surface area contributed by atoms with E-state index in [4.69, 9.17) is 4.74 Å². The number of benzene rings is 2. The fraction of sp³-hybridized carbons (Fsp3) is 0.385. The number of hydrogen-bond acceptors (Lipinski definition) is 9. The number of piperidine rings is 2. The summed E-state index contributed by atoms with van der Waals surface area (Å²) in [5.41, 5.74) is 0.869. The first-order valence-corrected chi connectivity index (χ1v) is 12.5. The van der Waals surface area contributed by atoms with Gasteiger partial charge in [-0.3, -0.25) is 28.8 Å². The van der Waals surface area contributed by atoms with Gasteiger partial charge in [-0.05, 0) is 49.9 Å². The van der Waals surface area contributed by atoms with E-state index in [1.54, 1.807) is 10.0 Å². The highest BCUT2D eigenvalue weighted by Gasteiger charge is 2.44. The Balaban J connectivity index is 1.34. The van der Waals surface area contributed by atoms with Crippen LogP contribution in [0.2, 0.25) is 0 Å². The van der Waals surface area contributed by atoms with Gasteiger partial charge in [0.05, 0.1) is 28.2 Å². The number of aliphatic carboxylic acids is 1. The van der Waals surface area contributed by atoms with E-state index in [2.05, 4.69) is 0 Å². The molecule has 2 aromatic carbocycles. The van der Waals surface area contributed by atoms with Crippen LogP contribution in [0.5, 0.6) is 0 Å². The second-order valence-electron chi connectivity index (χ2n) is 9.87. The number of amides is 4. The number of hydrogen-bond donors (Lipinski definition) is 1. The van der Waals surface area contributed by atoms with Crippen molar-refractivity contribution >= 4 is 46.8 Å². The number of carboxylic acids is 1. The molecule has 1 N–H and O–H groups in total. The highest BCUT2D eigenvalue weighted by atomic mass is 16.5. The van der Waals surface area contributed by atoms with Crippen LogP contribution in [0.4, 0.5) is 0 Å². The van der Waals surface area contributed by atoms with Crippen LogP contribution in [-0.4, -0.2) is 93.5 Å². The van der Waals surface area contributed by atoms with E-state index in [-0.39, 0.29) is 52.2 Å². The van der Waals surface area contributed by atoms with Gasteiger partial charge >= 0.3 is 5.97 Å². The Kier molecular flexibility index (Phi) is 5.73. The average molecular weight is 520 g/mol. The zero-order chi connectivity index (χ0) is 26.7. The zero-order valence-electron chi connectivity index (χ0n) is 20.3. The third-order valence-corrected chi connectivity index (χ3v) is 7.90. The second kappa shape index (κ2) is 8.99. The molecule has 0 bridgehead atoms. The lowest BCUT2D eigenvalue weighted by molar-refractivity contribution is -0.144. The zero-order valence-corrected chi connectivity index (χ0v) is 20.3. The molecule has 0 saturated carbocycles. The normalized spacial score (nSPS) is 21.4. The summed E-state index contributed by atoms with van der Waals surface area (Å²) >= 11 is 0. The Morgan fingerprint density at radius 2 is 1.08 bits per heavy atom. The Morgan fingerprint density at radius 1 is 0.711 bits per heavy atom. The topological polar surface area (TPSA) is 145 Å². The standard InChI is InChI=1S/C26H24N4O8/c31-13-38-15-7-11-28(12-8-15)30-24(34)18-3-1-16-20-17(2-4-19(21(18)20)25(30)35)23(33)29(22(16)32)27-9-5-14(6-10-27)26(36)37/h1-4,13-15H,5-12H2,(H,36,37). The molecule has 4 aliphatic heterocycles. The van der Waals surface area contributed by atoms with Gasteiger partial charge in [0.25, 0.3) is 30.1 Å². The van der Waals surface area contributed by atoms with E-state index in [9.17, 15) is 33.9 Å². The van der Waals surface area contributed by atoms with Crippen LogP contribution in [0.15, 0.2) is 24.3 Å². The molecule has 196 valence electrons. The van der Waals surface area contributed by atoms with Gasteiger partial charge in [0.1, 0.15) is 6.10 Å². The lowest BCUT2D eigenvalue weighted by Crippen LogP contribution is -2.56. The smallest absolute Gasteiger partial charge is 0.306 e. The molecule has 2 fully saturated rings. The third-order valence-electron chi connectivity index (χ3n) is 7.90. The molecule has 38 heavy (non-hydrogen) atoms. The molecule has 0 radical (unpaired) electrons. The molecular weight excluding hydrogens is 496 g/mol. The summed E-state index contributed by atoms with van der Waals surface area (Å²) in [6.07, 6.45) is 1.29. The summed E-state index contributed by atoms with van der Waals surface area (Å²) in [4.78, 5) is 76.2. The van der Waals surface area contributed by atoms with Crippen molar-refractivity contribution in [1.29, 1.82) is 0 Å². The number of nitrogens with zero attached hydrogens (tertiary/aromatic N) is 4. The van der Waals surface area contributed by atoms with Crippen molar-refractivity contribution in [3.8, 4) is 0 Å². The summed E-state index contributed by atoms with van der Waals surface area (Å²) < 4.78 is 5.02. The van der Waals surface area contributed by atoms with Crippen LogP contribution < -0.4 is 0 Å². The molecule has 4 amide bonds. The molecule has 0 aromatic heterocycles. The van der Waals surface area contributed by atoms with E-state index < -0.39 is 35.5 Å². The highest BCUT2D eigenvalue weighted by Crippen LogP contribution is 2.39. The molecule has 0 aliphatic carbocycles. The first-order valence-electron chi connectivity index (χ1n) is 12.5. The Morgan fingerprint density at radius 3 is 1.42 bits per heavy atom. The van der Waals surface area contributed by atoms with E-state index in [1.165, 1.54) is 24.3 Å². The van der Waals surface area contributed by atoms with Crippen LogP contribution >= 0.6 is 0 Å². The van der Waals surface area contributed by atoms with E-state index >= 15 is 0 Å². The summed E-state index contributed by atoms with van der Waals surface area (Å²) in [7, 11) is 0. The largest absolute Gasteiger partial charge is 0.481 e. The molecule has 6 rings (SSSR count). The van der Waals surface area contributed by atoms with Crippen molar-refractivity contribution in [3.05, 3.63) is 46.5 Å². The van der Waals surface area contributed by atoms with Crippen LogP contribution in [0.25, 0.3) is 10.8 Å². The lowest BCUT2D eigenvalue weighted by atomic mass is 9.86. The van der Waals surface area contributed by atoms with Crippen LogP contribution in [0.1, 0.15) is 67.1 Å². The highest BCUT2D eigenvalue weighted by molar-refractivity contribution is 6.33. The van der Waals surface area contributed by atoms with E-state index in [0.717, 1.165) is 10.0 Å². The molecule has 2 aromatic rings. The number of rotatable bonds is 5. The van der Waals surface area contributed by atoms with Gasteiger partial charge in [-0.1, -0.05) is 0 Å². The lowest BCUT2D eigenvalue weighted by Gasteiger charge is -2.41. The predicted octanol–water partition coefficient (Wildman–Crippen LogP) is 1.30. The van der Waals surface area contributed by atoms with Gasteiger partial charge in [-0.15, -0.1) is 0 Å². The van der Waals surface area contributed by atoms with E-state index in [1.807, 2.05) is 0 Å². The summed E-state index contributed by atoms with van der Waals surface area (Å²) in [5, 5.41) is 15.2. The number of hydrazine groups is 2. The molecule has 4 heterocycles. The minimum atomic E-state index is -0.896. The molecule has 4 aliphatic rings.